The van der Waals surface area contributed by atoms with Crippen molar-refractivity contribution < 1.29 is 4.79 Å². The van der Waals surface area contributed by atoms with Gasteiger partial charge in [0.05, 0.1) is 6.54 Å². The van der Waals surface area contributed by atoms with Crippen LogP contribution in [0.25, 0.3) is 0 Å². The van der Waals surface area contributed by atoms with Gasteiger partial charge in [-0.3, -0.25) is 4.79 Å². The highest BCUT2D eigenvalue weighted by Gasteiger charge is 2.04. The second-order valence-electron chi connectivity index (χ2n) is 4.35. The van der Waals surface area contributed by atoms with Gasteiger partial charge in [0.2, 0.25) is 5.91 Å². The highest BCUT2D eigenvalue weighted by Crippen LogP contribution is 2.03. The summed E-state index contributed by atoms with van der Waals surface area (Å²) in [5, 5.41) is 3.20. The molecular weight excluding hydrogens is 200 g/mol. The predicted octanol–water partition coefficient (Wildman–Crippen LogP) is 2.41. The monoisotopic (exact) mass is 228 g/mol. The van der Waals surface area contributed by atoms with Crippen molar-refractivity contribution in [1.82, 2.24) is 10.2 Å². The van der Waals surface area contributed by atoms with E-state index < -0.39 is 0 Å². The lowest BCUT2D eigenvalue weighted by Crippen LogP contribution is -2.35. The van der Waals surface area contributed by atoms with Crippen LogP contribution in [0, 0.1) is 0 Å². The number of likely N-dealkylation sites (N-methyl/N-ethyl adjacent to an activating group) is 1. The number of hydrogen-bond donors (Lipinski definition) is 1. The highest BCUT2D eigenvalue weighted by molar-refractivity contribution is 5.77. The van der Waals surface area contributed by atoms with Crippen molar-refractivity contribution in [2.24, 2.45) is 0 Å². The maximum Gasteiger partial charge on any atom is 0.236 e. The first-order chi connectivity index (χ1) is 7.72. The molecule has 96 valence electrons. The van der Waals surface area contributed by atoms with Crippen LogP contribution < -0.4 is 5.32 Å². The zero-order valence-corrected chi connectivity index (χ0v) is 11.2. The van der Waals surface area contributed by atoms with Gasteiger partial charge in [0, 0.05) is 13.6 Å². The summed E-state index contributed by atoms with van der Waals surface area (Å²) in [5.41, 5.74) is 0. The lowest BCUT2D eigenvalue weighted by Gasteiger charge is -2.14. The number of rotatable bonds is 10. The quantitative estimate of drug-likeness (QED) is 0.582. The van der Waals surface area contributed by atoms with E-state index in [0.717, 1.165) is 13.1 Å². The molecule has 3 nitrogen and oxygen atoms in total. The minimum Gasteiger partial charge on any atom is -0.345 e. The molecule has 0 saturated heterocycles. The van der Waals surface area contributed by atoms with E-state index in [1.165, 1.54) is 38.5 Å². The average Bonchev–Trinajstić information content (AvgIpc) is 2.31. The second kappa shape index (κ2) is 10.9. The van der Waals surface area contributed by atoms with Crippen LogP contribution in [0.5, 0.6) is 0 Å². The van der Waals surface area contributed by atoms with Crippen LogP contribution >= 0.6 is 0 Å². The third-order valence-electron chi connectivity index (χ3n) is 2.88. The number of amides is 1. The van der Waals surface area contributed by atoms with Gasteiger partial charge in [-0.15, -0.1) is 0 Å². The summed E-state index contributed by atoms with van der Waals surface area (Å²) in [6.45, 7) is 6.47. The van der Waals surface area contributed by atoms with E-state index in [0.29, 0.717) is 6.54 Å². The molecular formula is C13H28N2O. The van der Waals surface area contributed by atoms with Gasteiger partial charge in [0.1, 0.15) is 0 Å². The first-order valence-corrected chi connectivity index (χ1v) is 6.67. The van der Waals surface area contributed by atoms with Crippen LogP contribution in [0.15, 0.2) is 0 Å². The Morgan fingerprint density at radius 2 is 1.69 bits per heavy atom. The van der Waals surface area contributed by atoms with Crippen molar-refractivity contribution in [3.05, 3.63) is 0 Å². The number of unbranched alkanes of at least 4 members (excludes halogenated alkanes) is 5. The van der Waals surface area contributed by atoms with Crippen molar-refractivity contribution in [1.29, 1.82) is 0 Å². The largest absolute Gasteiger partial charge is 0.345 e. The van der Waals surface area contributed by atoms with Gasteiger partial charge in [0.25, 0.3) is 0 Å². The minimum atomic E-state index is 0.188. The van der Waals surface area contributed by atoms with Crippen LogP contribution in [-0.4, -0.2) is 37.5 Å². The lowest BCUT2D eigenvalue weighted by molar-refractivity contribution is -0.128. The fourth-order valence-corrected chi connectivity index (χ4v) is 1.54. The molecule has 0 aromatic heterocycles. The average molecular weight is 228 g/mol. The molecule has 16 heavy (non-hydrogen) atoms. The Hall–Kier alpha value is -0.570. The number of carbonyl (C=O) groups excluding carboxylic acids is 1. The van der Waals surface area contributed by atoms with E-state index in [1.54, 1.807) is 4.90 Å². The van der Waals surface area contributed by atoms with Gasteiger partial charge < -0.3 is 10.2 Å². The number of hydrogen-bond acceptors (Lipinski definition) is 2. The molecule has 0 unspecified atom stereocenters. The first kappa shape index (κ1) is 15.4. The molecule has 0 heterocycles. The van der Waals surface area contributed by atoms with Gasteiger partial charge in [-0.25, -0.2) is 0 Å². The summed E-state index contributed by atoms with van der Waals surface area (Å²) in [6.07, 6.45) is 7.81. The molecule has 0 spiro atoms. The van der Waals surface area contributed by atoms with Gasteiger partial charge in [-0.1, -0.05) is 39.0 Å². The summed E-state index contributed by atoms with van der Waals surface area (Å²) < 4.78 is 0. The zero-order chi connectivity index (χ0) is 12.2. The third-order valence-corrected chi connectivity index (χ3v) is 2.88. The smallest absolute Gasteiger partial charge is 0.236 e. The van der Waals surface area contributed by atoms with Crippen LogP contribution in [0.1, 0.15) is 52.4 Å². The summed E-state index contributed by atoms with van der Waals surface area (Å²) >= 11 is 0. The Bertz CT molecular complexity index is 171. The van der Waals surface area contributed by atoms with Gasteiger partial charge in [-0.2, -0.15) is 0 Å². The van der Waals surface area contributed by atoms with Crippen LogP contribution in [0.4, 0.5) is 0 Å². The topological polar surface area (TPSA) is 32.3 Å². The fourth-order valence-electron chi connectivity index (χ4n) is 1.54. The van der Waals surface area contributed by atoms with Crippen molar-refractivity contribution in [3.8, 4) is 0 Å². The Balaban J connectivity index is 3.18. The maximum atomic E-state index is 11.4. The van der Waals surface area contributed by atoms with Crippen LogP contribution in [-0.2, 0) is 4.79 Å². The second-order valence-corrected chi connectivity index (χ2v) is 4.35. The molecule has 0 bridgehead atoms. The minimum absolute atomic E-state index is 0.188. The summed E-state index contributed by atoms with van der Waals surface area (Å²) in [6, 6.07) is 0. The number of carbonyl (C=O) groups is 1. The SMILES string of the molecule is CCCCCCCCNCC(=O)N(C)CC. The molecule has 0 saturated carbocycles. The normalized spacial score (nSPS) is 10.4. The first-order valence-electron chi connectivity index (χ1n) is 6.67. The van der Waals surface area contributed by atoms with Crippen LogP contribution in [0.3, 0.4) is 0 Å². The molecule has 0 rings (SSSR count). The molecule has 0 fully saturated rings. The van der Waals surface area contributed by atoms with E-state index >= 15 is 0 Å². The Morgan fingerprint density at radius 1 is 1.06 bits per heavy atom. The molecule has 1 amide bonds. The van der Waals surface area contributed by atoms with Crippen molar-refractivity contribution in [3.63, 3.8) is 0 Å². The van der Waals surface area contributed by atoms with E-state index in [-0.39, 0.29) is 5.91 Å². The van der Waals surface area contributed by atoms with E-state index in [9.17, 15) is 4.79 Å². The van der Waals surface area contributed by atoms with Crippen molar-refractivity contribution in [2.45, 2.75) is 52.4 Å². The fraction of sp³-hybridized carbons (Fsp3) is 0.923. The highest BCUT2D eigenvalue weighted by atomic mass is 16.2. The number of nitrogens with one attached hydrogen (secondary N) is 1. The summed E-state index contributed by atoms with van der Waals surface area (Å²) in [5.74, 6) is 0.188. The molecule has 0 radical (unpaired) electrons. The lowest BCUT2D eigenvalue weighted by atomic mass is 10.1. The van der Waals surface area contributed by atoms with E-state index in [2.05, 4.69) is 12.2 Å². The number of nitrogens with zero attached hydrogens (tertiary/aromatic N) is 1. The Kier molecular flexibility index (Phi) is 10.5. The predicted molar refractivity (Wildman–Crippen MR) is 69.6 cm³/mol. The molecule has 3 heteroatoms. The Labute approximate surface area is 101 Å². The molecule has 0 aliphatic heterocycles. The third kappa shape index (κ3) is 8.72. The van der Waals surface area contributed by atoms with E-state index in [4.69, 9.17) is 0 Å². The molecule has 0 aromatic carbocycles. The standard InChI is InChI=1S/C13H28N2O/c1-4-6-7-8-9-10-11-14-12-13(16)15(3)5-2/h14H,4-12H2,1-3H3. The van der Waals surface area contributed by atoms with Gasteiger partial charge in [0.15, 0.2) is 0 Å². The van der Waals surface area contributed by atoms with E-state index in [1.807, 2.05) is 14.0 Å². The van der Waals surface area contributed by atoms with Gasteiger partial charge >= 0.3 is 0 Å². The molecule has 1 N–H and O–H groups in total. The summed E-state index contributed by atoms with van der Waals surface area (Å²) in [7, 11) is 1.84. The van der Waals surface area contributed by atoms with Crippen molar-refractivity contribution in [2.75, 3.05) is 26.7 Å². The molecule has 0 aromatic rings. The molecule has 0 aliphatic carbocycles. The molecule has 0 aliphatic rings. The Morgan fingerprint density at radius 3 is 2.31 bits per heavy atom. The zero-order valence-electron chi connectivity index (χ0n) is 11.2. The molecule has 0 atom stereocenters. The maximum absolute atomic E-state index is 11.4. The van der Waals surface area contributed by atoms with Gasteiger partial charge in [-0.05, 0) is 19.9 Å². The van der Waals surface area contributed by atoms with Crippen molar-refractivity contribution >= 4 is 5.91 Å². The van der Waals surface area contributed by atoms with Crippen LogP contribution in [0.2, 0.25) is 0 Å². The summed E-state index contributed by atoms with van der Waals surface area (Å²) in [4.78, 5) is 13.2.